The summed E-state index contributed by atoms with van der Waals surface area (Å²) in [6, 6.07) is 16.7. The molecule has 4 aromatic rings. The van der Waals surface area contributed by atoms with E-state index >= 15 is 0 Å². The van der Waals surface area contributed by atoms with Gasteiger partial charge in [0.1, 0.15) is 5.58 Å². The van der Waals surface area contributed by atoms with Gasteiger partial charge in [-0.1, -0.05) is 41.4 Å². The van der Waals surface area contributed by atoms with E-state index in [1.165, 1.54) is 0 Å². The number of amides is 1. The number of carbonyl (C=O) groups excluding carboxylic acids is 1. The Morgan fingerprint density at radius 1 is 0.879 bits per heavy atom. The fourth-order valence-electron chi connectivity index (χ4n) is 4.38. The lowest BCUT2D eigenvalue weighted by atomic mass is 9.98. The minimum atomic E-state index is -0.644. The highest BCUT2D eigenvalue weighted by atomic mass is 35.5. The molecule has 0 bridgehead atoms. The Kier molecular flexibility index (Phi) is 4.60. The molecule has 2 aliphatic heterocycles. The largest absolute Gasteiger partial charge is 0.454 e. The van der Waals surface area contributed by atoms with Crippen LogP contribution in [0.2, 0.25) is 10.0 Å². The molecule has 1 unspecified atom stereocenters. The van der Waals surface area contributed by atoms with Crippen LogP contribution in [0.5, 0.6) is 11.5 Å². The van der Waals surface area contributed by atoms with Gasteiger partial charge in [0.2, 0.25) is 12.6 Å². The quantitative estimate of drug-likeness (QED) is 0.383. The third-order valence-electron chi connectivity index (χ3n) is 5.90. The number of halogens is 2. The van der Waals surface area contributed by atoms with Crippen LogP contribution >= 0.6 is 23.2 Å². The first-order chi connectivity index (χ1) is 16.0. The molecule has 0 saturated heterocycles. The number of carbonyl (C=O) groups is 1. The highest BCUT2D eigenvalue weighted by Gasteiger charge is 2.42. The molecule has 6 nitrogen and oxygen atoms in total. The third kappa shape index (κ3) is 3.25. The first-order valence-electron chi connectivity index (χ1n) is 10.2. The van der Waals surface area contributed by atoms with Crippen LogP contribution < -0.4 is 14.9 Å². The lowest BCUT2D eigenvalue weighted by Gasteiger charge is -2.25. The summed E-state index contributed by atoms with van der Waals surface area (Å²) < 4.78 is 16.8. The van der Waals surface area contributed by atoms with E-state index in [2.05, 4.69) is 0 Å². The smallest absolute Gasteiger partial charge is 0.291 e. The van der Waals surface area contributed by atoms with E-state index in [-0.39, 0.29) is 36.0 Å². The summed E-state index contributed by atoms with van der Waals surface area (Å²) in [5, 5.41) is 1.31. The van der Waals surface area contributed by atoms with Gasteiger partial charge in [0.25, 0.3) is 5.91 Å². The topological polar surface area (TPSA) is 69.0 Å². The summed E-state index contributed by atoms with van der Waals surface area (Å²) >= 11 is 12.2. The van der Waals surface area contributed by atoms with Crippen molar-refractivity contribution in [1.29, 1.82) is 0 Å². The van der Waals surface area contributed by atoms with Crippen LogP contribution in [0.25, 0.3) is 11.0 Å². The molecule has 0 N–H and O–H groups in total. The second kappa shape index (κ2) is 7.54. The van der Waals surface area contributed by atoms with Crippen LogP contribution in [-0.4, -0.2) is 17.6 Å². The summed E-state index contributed by atoms with van der Waals surface area (Å²) in [4.78, 5) is 28.7. The second-order valence-corrected chi connectivity index (χ2v) is 8.76. The van der Waals surface area contributed by atoms with Gasteiger partial charge in [0.15, 0.2) is 16.9 Å². The van der Waals surface area contributed by atoms with Crippen molar-refractivity contribution in [2.75, 3.05) is 6.79 Å². The minimum Gasteiger partial charge on any atom is -0.454 e. The number of nitrogens with zero attached hydrogens (tertiary/aromatic N) is 1. The molecule has 3 aromatic carbocycles. The normalized spacial score (nSPS) is 16.5. The molecule has 0 saturated carbocycles. The van der Waals surface area contributed by atoms with Crippen molar-refractivity contribution in [3.63, 3.8) is 0 Å². The van der Waals surface area contributed by atoms with Crippen molar-refractivity contribution < 1.29 is 18.7 Å². The molecule has 164 valence electrons. The monoisotopic (exact) mass is 479 g/mol. The van der Waals surface area contributed by atoms with Crippen LogP contribution in [-0.2, 0) is 6.54 Å². The highest BCUT2D eigenvalue weighted by molar-refractivity contribution is 6.31. The average Bonchev–Trinajstić information content (AvgIpc) is 3.38. The summed E-state index contributed by atoms with van der Waals surface area (Å²) in [5.41, 5.74) is 1.91. The first-order valence-corrected chi connectivity index (χ1v) is 11.0. The molecule has 3 heterocycles. The van der Waals surface area contributed by atoms with Crippen molar-refractivity contribution in [2.24, 2.45) is 0 Å². The van der Waals surface area contributed by atoms with Gasteiger partial charge in [0, 0.05) is 16.6 Å². The fourth-order valence-corrected chi connectivity index (χ4v) is 4.68. The number of fused-ring (bicyclic) bond motifs is 3. The van der Waals surface area contributed by atoms with Crippen molar-refractivity contribution in [3.8, 4) is 11.5 Å². The van der Waals surface area contributed by atoms with Crippen molar-refractivity contribution in [3.05, 3.63) is 103 Å². The molecule has 33 heavy (non-hydrogen) atoms. The molecule has 1 aromatic heterocycles. The standard InChI is InChI=1S/C25H15Cl2NO5/c26-15-4-2-14(3-5-15)22-21-23(29)17-10-16(27)6-8-18(17)33-24(21)25(30)28(22)11-13-1-7-19-20(9-13)32-12-31-19/h1-10,22H,11-12H2. The van der Waals surface area contributed by atoms with Crippen LogP contribution in [0.15, 0.2) is 69.9 Å². The van der Waals surface area contributed by atoms with E-state index in [0.29, 0.717) is 32.5 Å². The number of hydrogen-bond acceptors (Lipinski definition) is 5. The van der Waals surface area contributed by atoms with Crippen LogP contribution in [0.3, 0.4) is 0 Å². The zero-order chi connectivity index (χ0) is 22.7. The Morgan fingerprint density at radius 3 is 2.45 bits per heavy atom. The lowest BCUT2D eigenvalue weighted by molar-refractivity contribution is 0.0714. The van der Waals surface area contributed by atoms with E-state index in [1.54, 1.807) is 35.2 Å². The number of hydrogen-bond donors (Lipinski definition) is 0. The van der Waals surface area contributed by atoms with Gasteiger partial charge < -0.3 is 18.8 Å². The summed E-state index contributed by atoms with van der Waals surface area (Å²) in [7, 11) is 0. The Morgan fingerprint density at radius 2 is 1.64 bits per heavy atom. The molecular formula is C25H15Cl2NO5. The minimum absolute atomic E-state index is 0.0375. The van der Waals surface area contributed by atoms with E-state index in [4.69, 9.17) is 37.1 Å². The molecule has 0 aliphatic carbocycles. The third-order valence-corrected chi connectivity index (χ3v) is 6.39. The molecule has 6 rings (SSSR count). The second-order valence-electron chi connectivity index (χ2n) is 7.89. The van der Waals surface area contributed by atoms with E-state index in [0.717, 1.165) is 11.1 Å². The Bertz CT molecular complexity index is 1500. The predicted octanol–water partition coefficient (Wildman–Crippen LogP) is 5.57. The summed E-state index contributed by atoms with van der Waals surface area (Å²) in [6.45, 7) is 0.400. The Hall–Kier alpha value is -3.48. The SMILES string of the molecule is O=C1c2oc3ccc(Cl)cc3c(=O)c2C(c2ccc(Cl)cc2)N1Cc1ccc2c(c1)OCO2. The number of benzene rings is 3. The number of rotatable bonds is 3. The predicted molar refractivity (Wildman–Crippen MR) is 123 cm³/mol. The van der Waals surface area contributed by atoms with Crippen molar-refractivity contribution in [1.82, 2.24) is 4.90 Å². The van der Waals surface area contributed by atoms with Crippen molar-refractivity contribution >= 4 is 40.1 Å². The maximum atomic E-state index is 13.6. The zero-order valence-electron chi connectivity index (χ0n) is 17.0. The molecule has 0 radical (unpaired) electrons. The van der Waals surface area contributed by atoms with E-state index in [1.807, 2.05) is 30.3 Å². The van der Waals surface area contributed by atoms with Gasteiger partial charge in [-0.15, -0.1) is 0 Å². The Balaban J connectivity index is 1.52. The number of ether oxygens (including phenoxy) is 2. The fraction of sp³-hybridized carbons (Fsp3) is 0.120. The van der Waals surface area contributed by atoms with Gasteiger partial charge in [-0.3, -0.25) is 9.59 Å². The summed E-state index contributed by atoms with van der Waals surface area (Å²) in [6.07, 6.45) is 0. The van der Waals surface area contributed by atoms with Gasteiger partial charge in [-0.2, -0.15) is 0 Å². The van der Waals surface area contributed by atoms with E-state index < -0.39 is 6.04 Å². The molecule has 8 heteroatoms. The maximum absolute atomic E-state index is 13.6. The Labute approximate surface area is 197 Å². The maximum Gasteiger partial charge on any atom is 0.291 e. The van der Waals surface area contributed by atoms with E-state index in [9.17, 15) is 9.59 Å². The van der Waals surface area contributed by atoms with Crippen LogP contribution in [0.1, 0.15) is 33.3 Å². The first kappa shape index (κ1) is 20.1. The van der Waals surface area contributed by atoms with Gasteiger partial charge in [0.05, 0.1) is 17.0 Å². The van der Waals surface area contributed by atoms with Gasteiger partial charge in [-0.05, 0) is 53.6 Å². The van der Waals surface area contributed by atoms with Crippen molar-refractivity contribution in [2.45, 2.75) is 12.6 Å². The summed E-state index contributed by atoms with van der Waals surface area (Å²) in [5.74, 6) is 0.949. The van der Waals surface area contributed by atoms with Crippen LogP contribution in [0, 0.1) is 0 Å². The van der Waals surface area contributed by atoms with Crippen LogP contribution in [0.4, 0.5) is 0 Å². The van der Waals surface area contributed by atoms with Gasteiger partial charge >= 0.3 is 0 Å². The molecule has 2 aliphatic rings. The molecule has 1 amide bonds. The van der Waals surface area contributed by atoms with Gasteiger partial charge in [-0.25, -0.2) is 0 Å². The zero-order valence-corrected chi connectivity index (χ0v) is 18.5. The average molecular weight is 480 g/mol. The highest BCUT2D eigenvalue weighted by Crippen LogP contribution is 2.40. The molecule has 0 spiro atoms. The molecule has 1 atom stereocenters. The molecule has 0 fully saturated rings. The lowest BCUT2D eigenvalue weighted by Crippen LogP contribution is -2.29. The molecular weight excluding hydrogens is 465 g/mol.